The standard InChI is InChI=1S/C15H23N3O2/c1-17-7-3-8-18(10-9-17)15(19)6-11-20-14-5-2-4-13(16)12-14/h2,4-5,12H,3,6-11,16H2,1H3. The number of hydrogen-bond donors (Lipinski definition) is 1. The Kier molecular flexibility index (Phi) is 5.24. The van der Waals surface area contributed by atoms with Gasteiger partial charge < -0.3 is 20.3 Å². The number of nitrogens with zero attached hydrogens (tertiary/aromatic N) is 2. The molecule has 0 unspecified atom stereocenters. The molecule has 110 valence electrons. The van der Waals surface area contributed by atoms with Gasteiger partial charge in [-0.05, 0) is 32.1 Å². The third-order valence-corrected chi connectivity index (χ3v) is 3.51. The Labute approximate surface area is 120 Å². The van der Waals surface area contributed by atoms with Gasteiger partial charge in [0.05, 0.1) is 13.0 Å². The summed E-state index contributed by atoms with van der Waals surface area (Å²) >= 11 is 0. The Bertz CT molecular complexity index is 450. The number of carbonyl (C=O) groups is 1. The second kappa shape index (κ2) is 7.14. The number of amides is 1. The van der Waals surface area contributed by atoms with E-state index in [1.807, 2.05) is 23.1 Å². The average molecular weight is 277 g/mol. The minimum absolute atomic E-state index is 0.171. The largest absolute Gasteiger partial charge is 0.493 e. The third kappa shape index (κ3) is 4.42. The van der Waals surface area contributed by atoms with Crippen LogP contribution in [0.2, 0.25) is 0 Å². The van der Waals surface area contributed by atoms with Gasteiger partial charge in [-0.3, -0.25) is 4.79 Å². The Morgan fingerprint density at radius 1 is 1.30 bits per heavy atom. The fourth-order valence-corrected chi connectivity index (χ4v) is 2.31. The predicted octanol–water partition coefficient (Wildman–Crippen LogP) is 1.20. The van der Waals surface area contributed by atoms with E-state index in [1.54, 1.807) is 6.07 Å². The van der Waals surface area contributed by atoms with Crippen molar-refractivity contribution in [3.05, 3.63) is 24.3 Å². The summed E-state index contributed by atoms with van der Waals surface area (Å²) in [4.78, 5) is 16.3. The summed E-state index contributed by atoms with van der Waals surface area (Å²) in [5, 5.41) is 0. The van der Waals surface area contributed by atoms with Crippen LogP contribution in [0.15, 0.2) is 24.3 Å². The molecular weight excluding hydrogens is 254 g/mol. The van der Waals surface area contributed by atoms with Crippen molar-refractivity contribution in [2.24, 2.45) is 0 Å². The van der Waals surface area contributed by atoms with Crippen molar-refractivity contribution < 1.29 is 9.53 Å². The maximum Gasteiger partial charge on any atom is 0.226 e. The molecule has 1 saturated heterocycles. The van der Waals surface area contributed by atoms with Crippen molar-refractivity contribution in [2.45, 2.75) is 12.8 Å². The average Bonchev–Trinajstić information content (AvgIpc) is 2.63. The number of nitrogens with two attached hydrogens (primary N) is 1. The lowest BCUT2D eigenvalue weighted by Crippen LogP contribution is -2.35. The van der Waals surface area contributed by atoms with Gasteiger partial charge in [0.25, 0.3) is 0 Å². The van der Waals surface area contributed by atoms with Gasteiger partial charge in [0.1, 0.15) is 5.75 Å². The van der Waals surface area contributed by atoms with Crippen LogP contribution in [0, 0.1) is 0 Å². The highest BCUT2D eigenvalue weighted by atomic mass is 16.5. The monoisotopic (exact) mass is 277 g/mol. The van der Waals surface area contributed by atoms with Gasteiger partial charge in [0.15, 0.2) is 0 Å². The highest BCUT2D eigenvalue weighted by Gasteiger charge is 2.17. The second-order valence-corrected chi connectivity index (χ2v) is 5.21. The lowest BCUT2D eigenvalue weighted by atomic mass is 10.3. The fourth-order valence-electron chi connectivity index (χ4n) is 2.31. The van der Waals surface area contributed by atoms with E-state index in [9.17, 15) is 4.79 Å². The highest BCUT2D eigenvalue weighted by molar-refractivity contribution is 5.76. The molecule has 0 bridgehead atoms. The van der Waals surface area contributed by atoms with E-state index in [0.29, 0.717) is 24.5 Å². The molecule has 0 aromatic heterocycles. The van der Waals surface area contributed by atoms with E-state index in [2.05, 4.69) is 11.9 Å². The SMILES string of the molecule is CN1CCCN(C(=O)CCOc2cccc(N)c2)CC1. The van der Waals surface area contributed by atoms with Gasteiger partial charge in [0.2, 0.25) is 5.91 Å². The summed E-state index contributed by atoms with van der Waals surface area (Å²) < 4.78 is 5.56. The Morgan fingerprint density at radius 2 is 2.15 bits per heavy atom. The summed E-state index contributed by atoms with van der Waals surface area (Å²) in [5.41, 5.74) is 6.35. The first-order chi connectivity index (χ1) is 9.65. The number of anilines is 1. The normalized spacial score (nSPS) is 16.8. The van der Waals surface area contributed by atoms with Crippen LogP contribution in [0.25, 0.3) is 0 Å². The molecule has 2 rings (SSSR count). The number of benzene rings is 1. The second-order valence-electron chi connectivity index (χ2n) is 5.21. The summed E-state index contributed by atoms with van der Waals surface area (Å²) in [6.45, 7) is 4.06. The third-order valence-electron chi connectivity index (χ3n) is 3.51. The van der Waals surface area contributed by atoms with Gasteiger partial charge in [0, 0.05) is 31.4 Å². The topological polar surface area (TPSA) is 58.8 Å². The lowest BCUT2D eigenvalue weighted by Gasteiger charge is -2.20. The molecule has 1 heterocycles. The maximum absolute atomic E-state index is 12.1. The zero-order valence-electron chi connectivity index (χ0n) is 12.0. The zero-order chi connectivity index (χ0) is 14.4. The molecule has 2 N–H and O–H groups in total. The van der Waals surface area contributed by atoms with Gasteiger partial charge >= 0.3 is 0 Å². The molecular formula is C15H23N3O2. The molecule has 1 aliphatic rings. The van der Waals surface area contributed by atoms with Crippen molar-refractivity contribution in [2.75, 3.05) is 45.6 Å². The Hall–Kier alpha value is -1.75. The number of carbonyl (C=O) groups excluding carboxylic acids is 1. The van der Waals surface area contributed by atoms with Crippen LogP contribution in [-0.2, 0) is 4.79 Å². The summed E-state index contributed by atoms with van der Waals surface area (Å²) in [7, 11) is 2.09. The van der Waals surface area contributed by atoms with Crippen molar-refractivity contribution >= 4 is 11.6 Å². The smallest absolute Gasteiger partial charge is 0.226 e. The van der Waals surface area contributed by atoms with Crippen molar-refractivity contribution in [1.29, 1.82) is 0 Å². The minimum atomic E-state index is 0.171. The molecule has 1 aromatic rings. The molecule has 5 nitrogen and oxygen atoms in total. The van der Waals surface area contributed by atoms with Crippen molar-refractivity contribution in [3.8, 4) is 5.75 Å². The molecule has 5 heteroatoms. The summed E-state index contributed by atoms with van der Waals surface area (Å²) in [6, 6.07) is 7.27. The van der Waals surface area contributed by atoms with E-state index < -0.39 is 0 Å². The highest BCUT2D eigenvalue weighted by Crippen LogP contribution is 2.14. The van der Waals surface area contributed by atoms with Gasteiger partial charge in [-0.15, -0.1) is 0 Å². The molecule has 20 heavy (non-hydrogen) atoms. The lowest BCUT2D eigenvalue weighted by molar-refractivity contribution is -0.131. The van der Waals surface area contributed by atoms with Crippen molar-refractivity contribution in [1.82, 2.24) is 9.80 Å². The van der Waals surface area contributed by atoms with Crippen molar-refractivity contribution in [3.63, 3.8) is 0 Å². The fraction of sp³-hybridized carbons (Fsp3) is 0.533. The molecule has 0 atom stereocenters. The molecule has 0 radical (unpaired) electrons. The number of likely N-dealkylation sites (N-methyl/N-ethyl adjacent to an activating group) is 1. The predicted molar refractivity (Wildman–Crippen MR) is 79.7 cm³/mol. The summed E-state index contributed by atoms with van der Waals surface area (Å²) in [5.74, 6) is 0.887. The van der Waals surface area contributed by atoms with Gasteiger partial charge in [-0.2, -0.15) is 0 Å². The number of ether oxygens (including phenoxy) is 1. The quantitative estimate of drug-likeness (QED) is 0.840. The molecule has 1 fully saturated rings. The summed E-state index contributed by atoms with van der Waals surface area (Å²) in [6.07, 6.45) is 1.46. The van der Waals surface area contributed by atoms with Crippen LogP contribution in [0.5, 0.6) is 5.75 Å². The van der Waals surface area contributed by atoms with Crippen LogP contribution >= 0.6 is 0 Å². The molecule has 1 aliphatic heterocycles. The number of hydrogen-bond acceptors (Lipinski definition) is 4. The van der Waals surface area contributed by atoms with Crippen LogP contribution in [0.4, 0.5) is 5.69 Å². The van der Waals surface area contributed by atoms with Crippen LogP contribution in [0.1, 0.15) is 12.8 Å². The Morgan fingerprint density at radius 3 is 2.95 bits per heavy atom. The van der Waals surface area contributed by atoms with E-state index in [0.717, 1.165) is 32.6 Å². The molecule has 1 amide bonds. The van der Waals surface area contributed by atoms with Gasteiger partial charge in [-0.25, -0.2) is 0 Å². The van der Waals surface area contributed by atoms with Crippen LogP contribution in [-0.4, -0.2) is 55.5 Å². The van der Waals surface area contributed by atoms with Gasteiger partial charge in [-0.1, -0.05) is 6.07 Å². The zero-order valence-corrected chi connectivity index (χ0v) is 12.0. The first-order valence-corrected chi connectivity index (χ1v) is 7.10. The van der Waals surface area contributed by atoms with E-state index in [4.69, 9.17) is 10.5 Å². The maximum atomic E-state index is 12.1. The van der Waals surface area contributed by atoms with E-state index >= 15 is 0 Å². The number of nitrogen functional groups attached to an aromatic ring is 1. The Balaban J connectivity index is 1.74. The first-order valence-electron chi connectivity index (χ1n) is 7.10. The van der Waals surface area contributed by atoms with E-state index in [1.165, 1.54) is 0 Å². The minimum Gasteiger partial charge on any atom is -0.493 e. The van der Waals surface area contributed by atoms with Crippen LogP contribution < -0.4 is 10.5 Å². The molecule has 0 spiro atoms. The first kappa shape index (κ1) is 14.7. The van der Waals surface area contributed by atoms with Crippen LogP contribution in [0.3, 0.4) is 0 Å². The number of rotatable bonds is 4. The van der Waals surface area contributed by atoms with E-state index in [-0.39, 0.29) is 5.91 Å². The molecule has 0 saturated carbocycles. The molecule has 1 aromatic carbocycles. The molecule has 0 aliphatic carbocycles.